The molecule has 1 fully saturated rings. The number of nitrogens with one attached hydrogen (secondary N) is 1. The highest BCUT2D eigenvalue weighted by molar-refractivity contribution is 5.93. The highest BCUT2D eigenvalue weighted by atomic mass is 16.3. The Hall–Kier alpha value is -2.94. The molecule has 0 bridgehead atoms. The molecule has 3 aromatic heterocycles. The number of urea groups is 1. The number of aromatic nitrogens is 5. The lowest BCUT2D eigenvalue weighted by Crippen LogP contribution is -2.42. The second kappa shape index (κ2) is 6.99. The van der Waals surface area contributed by atoms with Gasteiger partial charge >= 0.3 is 6.03 Å². The molecule has 0 saturated carbocycles. The van der Waals surface area contributed by atoms with Crippen LogP contribution in [0.2, 0.25) is 0 Å². The summed E-state index contributed by atoms with van der Waals surface area (Å²) < 4.78 is 3.49. The van der Waals surface area contributed by atoms with Crippen molar-refractivity contribution < 1.29 is 9.90 Å². The number of amides is 2. The second-order valence-corrected chi connectivity index (χ2v) is 6.94. The average molecular weight is 369 g/mol. The van der Waals surface area contributed by atoms with Crippen molar-refractivity contribution in [2.75, 3.05) is 18.4 Å². The van der Waals surface area contributed by atoms with Gasteiger partial charge in [-0.15, -0.1) is 0 Å². The third-order valence-corrected chi connectivity index (χ3v) is 5.11. The zero-order valence-corrected chi connectivity index (χ0v) is 15.4. The molecule has 0 radical (unpaired) electrons. The van der Waals surface area contributed by atoms with E-state index in [0.29, 0.717) is 36.1 Å². The van der Waals surface area contributed by atoms with E-state index in [-0.39, 0.29) is 11.9 Å². The van der Waals surface area contributed by atoms with Crippen LogP contribution in [0.15, 0.2) is 30.7 Å². The van der Waals surface area contributed by atoms with E-state index in [1.807, 2.05) is 36.9 Å². The molecule has 3 aromatic rings. The van der Waals surface area contributed by atoms with Crippen LogP contribution in [0.5, 0.6) is 0 Å². The molecule has 2 amide bonds. The summed E-state index contributed by atoms with van der Waals surface area (Å²) in [6, 6.07) is 3.49. The van der Waals surface area contributed by atoms with Crippen molar-refractivity contribution in [2.45, 2.75) is 25.9 Å². The summed E-state index contributed by atoms with van der Waals surface area (Å²) in [5, 5.41) is 17.8. The molecule has 9 heteroatoms. The fourth-order valence-corrected chi connectivity index (χ4v) is 3.60. The van der Waals surface area contributed by atoms with Crippen molar-refractivity contribution in [3.05, 3.63) is 42.4 Å². The standard InChI is InChI=1S/C18H23N7O2/c1-12-20-16-14(4-3-8-25(16)22-12)21-18(27)24-9-5-13(6-10-24)15(26)17-19-7-11-23(17)2/h3-4,7-8,11,13,15,26H,5-6,9-10H2,1-2H3,(H,21,27)/t15-/m1/s1. The van der Waals surface area contributed by atoms with Gasteiger partial charge in [0, 0.05) is 38.7 Å². The summed E-state index contributed by atoms with van der Waals surface area (Å²) in [6.07, 6.45) is 6.17. The summed E-state index contributed by atoms with van der Waals surface area (Å²) in [5.74, 6) is 1.42. The number of carbonyl (C=O) groups excluding carboxylic acids is 1. The number of rotatable bonds is 3. The van der Waals surface area contributed by atoms with Gasteiger partial charge in [-0.2, -0.15) is 5.10 Å². The predicted octanol–water partition coefficient (Wildman–Crippen LogP) is 1.75. The maximum Gasteiger partial charge on any atom is 0.321 e. The third kappa shape index (κ3) is 3.37. The van der Waals surface area contributed by atoms with Crippen molar-refractivity contribution in [1.82, 2.24) is 29.0 Å². The topological polar surface area (TPSA) is 101 Å². The number of aliphatic hydroxyl groups excluding tert-OH is 1. The van der Waals surface area contributed by atoms with E-state index in [4.69, 9.17) is 0 Å². The number of anilines is 1. The molecule has 4 rings (SSSR count). The zero-order valence-electron chi connectivity index (χ0n) is 15.4. The number of imidazole rings is 1. The third-order valence-electron chi connectivity index (χ3n) is 5.11. The predicted molar refractivity (Wildman–Crippen MR) is 99.2 cm³/mol. The second-order valence-electron chi connectivity index (χ2n) is 6.94. The number of hydrogen-bond donors (Lipinski definition) is 2. The molecule has 1 atom stereocenters. The fourth-order valence-electron chi connectivity index (χ4n) is 3.60. The van der Waals surface area contributed by atoms with E-state index in [9.17, 15) is 9.90 Å². The van der Waals surface area contributed by atoms with Crippen LogP contribution in [0.3, 0.4) is 0 Å². The number of fused-ring (bicyclic) bond motifs is 1. The largest absolute Gasteiger partial charge is 0.385 e. The number of nitrogens with zero attached hydrogens (tertiary/aromatic N) is 6. The minimum Gasteiger partial charge on any atom is -0.385 e. The molecule has 1 aliphatic heterocycles. The Labute approximate surface area is 156 Å². The van der Waals surface area contributed by atoms with E-state index in [0.717, 1.165) is 12.8 Å². The summed E-state index contributed by atoms with van der Waals surface area (Å²) in [7, 11) is 1.88. The minimum absolute atomic E-state index is 0.0951. The van der Waals surface area contributed by atoms with E-state index in [1.54, 1.807) is 21.8 Å². The van der Waals surface area contributed by atoms with Gasteiger partial charge in [-0.05, 0) is 37.8 Å². The van der Waals surface area contributed by atoms with Crippen LogP contribution < -0.4 is 5.32 Å². The molecule has 142 valence electrons. The number of carbonyl (C=O) groups is 1. The number of likely N-dealkylation sites (tertiary alicyclic amines) is 1. The van der Waals surface area contributed by atoms with Crippen LogP contribution in [0.25, 0.3) is 5.65 Å². The van der Waals surface area contributed by atoms with Gasteiger partial charge in [-0.1, -0.05) is 0 Å². The van der Waals surface area contributed by atoms with Crippen molar-refractivity contribution in [2.24, 2.45) is 13.0 Å². The minimum atomic E-state index is -0.608. The molecule has 2 N–H and O–H groups in total. The van der Waals surface area contributed by atoms with Gasteiger partial charge in [0.25, 0.3) is 0 Å². The normalized spacial score (nSPS) is 16.6. The Balaban J connectivity index is 1.39. The molecular weight excluding hydrogens is 346 g/mol. The number of hydrogen-bond acceptors (Lipinski definition) is 5. The summed E-state index contributed by atoms with van der Waals surface area (Å²) in [5.41, 5.74) is 1.27. The lowest BCUT2D eigenvalue weighted by molar-refractivity contribution is 0.0600. The smallest absolute Gasteiger partial charge is 0.321 e. The lowest BCUT2D eigenvalue weighted by atomic mass is 9.91. The highest BCUT2D eigenvalue weighted by Crippen LogP contribution is 2.30. The van der Waals surface area contributed by atoms with Crippen molar-refractivity contribution in [1.29, 1.82) is 0 Å². The zero-order chi connectivity index (χ0) is 19.0. The first-order valence-corrected chi connectivity index (χ1v) is 9.06. The molecule has 27 heavy (non-hydrogen) atoms. The first kappa shape index (κ1) is 17.5. The van der Waals surface area contributed by atoms with Gasteiger partial charge in [-0.25, -0.2) is 19.3 Å². The molecule has 1 saturated heterocycles. The van der Waals surface area contributed by atoms with Gasteiger partial charge in [0.1, 0.15) is 17.8 Å². The quantitative estimate of drug-likeness (QED) is 0.732. The maximum absolute atomic E-state index is 12.7. The van der Waals surface area contributed by atoms with Crippen LogP contribution in [-0.2, 0) is 7.05 Å². The Morgan fingerprint density at radius 3 is 2.81 bits per heavy atom. The number of aryl methyl sites for hydroxylation is 2. The first-order chi connectivity index (χ1) is 13.0. The average Bonchev–Trinajstić information content (AvgIpc) is 3.26. The lowest BCUT2D eigenvalue weighted by Gasteiger charge is -2.34. The molecule has 9 nitrogen and oxygen atoms in total. The maximum atomic E-state index is 12.7. The van der Waals surface area contributed by atoms with E-state index >= 15 is 0 Å². The van der Waals surface area contributed by atoms with Gasteiger partial charge in [-0.3, -0.25) is 0 Å². The molecular formula is C18H23N7O2. The van der Waals surface area contributed by atoms with Crippen molar-refractivity contribution in [3.63, 3.8) is 0 Å². The highest BCUT2D eigenvalue weighted by Gasteiger charge is 2.30. The van der Waals surface area contributed by atoms with E-state index in [2.05, 4.69) is 20.4 Å². The summed E-state index contributed by atoms with van der Waals surface area (Å²) in [4.78, 5) is 23.0. The fraction of sp³-hybridized carbons (Fsp3) is 0.444. The van der Waals surface area contributed by atoms with Crippen LogP contribution in [-0.4, -0.2) is 53.3 Å². The number of piperidine rings is 1. The monoisotopic (exact) mass is 369 g/mol. The number of aliphatic hydroxyl groups is 1. The van der Waals surface area contributed by atoms with Gasteiger partial charge in [0.15, 0.2) is 5.65 Å². The van der Waals surface area contributed by atoms with Crippen LogP contribution in [0.4, 0.5) is 10.5 Å². The van der Waals surface area contributed by atoms with Crippen LogP contribution in [0, 0.1) is 12.8 Å². The van der Waals surface area contributed by atoms with Gasteiger partial charge < -0.3 is 19.9 Å². The Kier molecular flexibility index (Phi) is 4.53. The Morgan fingerprint density at radius 1 is 1.33 bits per heavy atom. The summed E-state index contributed by atoms with van der Waals surface area (Å²) >= 11 is 0. The SMILES string of the molecule is Cc1nc2c(NC(=O)N3CCC([C@@H](O)c4nccn4C)CC3)cccn2n1. The Morgan fingerprint density at radius 2 is 2.11 bits per heavy atom. The van der Waals surface area contributed by atoms with Crippen molar-refractivity contribution in [3.8, 4) is 0 Å². The van der Waals surface area contributed by atoms with Gasteiger partial charge in [0.05, 0.1) is 5.69 Å². The van der Waals surface area contributed by atoms with E-state index < -0.39 is 6.10 Å². The summed E-state index contributed by atoms with van der Waals surface area (Å²) in [6.45, 7) is 3.00. The molecule has 0 unspecified atom stereocenters. The molecule has 0 spiro atoms. The molecule has 1 aliphatic rings. The van der Waals surface area contributed by atoms with Gasteiger partial charge in [0.2, 0.25) is 0 Å². The molecule has 0 aromatic carbocycles. The number of pyridine rings is 1. The van der Waals surface area contributed by atoms with E-state index in [1.165, 1.54) is 0 Å². The van der Waals surface area contributed by atoms with Crippen molar-refractivity contribution >= 4 is 17.4 Å². The van der Waals surface area contributed by atoms with Crippen LogP contribution in [0.1, 0.15) is 30.6 Å². The van der Waals surface area contributed by atoms with Crippen LogP contribution >= 0.6 is 0 Å². The molecule has 0 aliphatic carbocycles. The first-order valence-electron chi connectivity index (χ1n) is 9.06. The molecule has 4 heterocycles. The Bertz CT molecular complexity index is 956.